The fourth-order valence-electron chi connectivity index (χ4n) is 2.62. The first-order valence-electron chi connectivity index (χ1n) is 12.4. The fourth-order valence-corrected chi connectivity index (χ4v) is 2.76. The molecule has 0 radical (unpaired) electrons. The highest BCUT2D eigenvalue weighted by Crippen LogP contribution is 2.16. The minimum absolute atomic E-state index is 0.0300. The fraction of sp³-hybridized carbons (Fsp3) is 0.833. The molecule has 3 amide bonds. The number of carbonyl (C=O) groups is 4. The molecule has 0 aliphatic heterocycles. The van der Waals surface area contributed by atoms with Crippen LogP contribution in [0.1, 0.15) is 41.0 Å². The first kappa shape index (κ1) is 35.1. The Bertz CT molecular complexity index is 692. The van der Waals surface area contributed by atoms with Gasteiger partial charge in [-0.2, -0.15) is 12.6 Å². The van der Waals surface area contributed by atoms with E-state index in [0.717, 1.165) is 0 Å². The van der Waals surface area contributed by atoms with Gasteiger partial charge >= 0.3 is 5.97 Å². The summed E-state index contributed by atoms with van der Waals surface area (Å²) >= 11 is 4.16. The molecule has 0 aliphatic rings. The van der Waals surface area contributed by atoms with Crippen molar-refractivity contribution >= 4 is 36.3 Å². The third kappa shape index (κ3) is 17.3. The number of carbonyl (C=O) groups excluding carboxylic acids is 3. The van der Waals surface area contributed by atoms with Crippen LogP contribution in [0.4, 0.5) is 0 Å². The predicted octanol–water partition coefficient (Wildman–Crippen LogP) is 0.245. The Morgan fingerprint density at radius 1 is 0.784 bits per heavy atom. The zero-order valence-corrected chi connectivity index (χ0v) is 23.6. The van der Waals surface area contributed by atoms with Gasteiger partial charge in [0.25, 0.3) is 0 Å². The minimum Gasteiger partial charge on any atom is -0.481 e. The maximum atomic E-state index is 12.6. The molecule has 0 saturated heterocycles. The standard InChI is InChI=1S/C24H45N3O9S/c1-17(2)20(27-21(30)18(3)26-23(32)24(4,5)16-37)22(31)25-7-9-34-11-13-36-15-14-35-12-10-33-8-6-19(28)29/h17-18,20,37H,6-16H2,1-5H3,(H,25,31)(H,26,32)(H,27,30)(H,28,29)/t18-,20-/m1/s1. The van der Waals surface area contributed by atoms with Crippen LogP contribution >= 0.6 is 12.6 Å². The van der Waals surface area contributed by atoms with E-state index in [2.05, 4.69) is 28.6 Å². The van der Waals surface area contributed by atoms with Crippen molar-refractivity contribution in [2.45, 2.75) is 53.1 Å². The Kier molecular flexibility index (Phi) is 19.0. The number of amides is 3. The van der Waals surface area contributed by atoms with E-state index >= 15 is 0 Å². The maximum Gasteiger partial charge on any atom is 0.305 e. The summed E-state index contributed by atoms with van der Waals surface area (Å²) in [6, 6.07) is -1.55. The molecule has 4 N–H and O–H groups in total. The average Bonchev–Trinajstić information content (AvgIpc) is 2.83. The Hall–Kier alpha value is -1.93. The molecule has 0 aromatic heterocycles. The largest absolute Gasteiger partial charge is 0.481 e. The summed E-state index contributed by atoms with van der Waals surface area (Å²) in [7, 11) is 0. The monoisotopic (exact) mass is 551 g/mol. The van der Waals surface area contributed by atoms with E-state index in [1.165, 1.54) is 0 Å². The van der Waals surface area contributed by atoms with Crippen molar-refractivity contribution in [3.8, 4) is 0 Å². The third-order valence-corrected chi connectivity index (χ3v) is 5.91. The number of hydrogen-bond donors (Lipinski definition) is 5. The average molecular weight is 552 g/mol. The van der Waals surface area contributed by atoms with Crippen molar-refractivity contribution in [1.82, 2.24) is 16.0 Å². The van der Waals surface area contributed by atoms with E-state index in [-0.39, 0.29) is 43.9 Å². The first-order chi connectivity index (χ1) is 17.4. The van der Waals surface area contributed by atoms with Crippen LogP contribution < -0.4 is 16.0 Å². The smallest absolute Gasteiger partial charge is 0.305 e. The Morgan fingerprint density at radius 2 is 1.27 bits per heavy atom. The molecule has 12 nitrogen and oxygen atoms in total. The van der Waals surface area contributed by atoms with Gasteiger partial charge in [-0.1, -0.05) is 27.7 Å². The van der Waals surface area contributed by atoms with Crippen molar-refractivity contribution < 1.29 is 43.2 Å². The van der Waals surface area contributed by atoms with Crippen LogP contribution in [0.5, 0.6) is 0 Å². The number of ether oxygens (including phenoxy) is 4. The molecule has 0 heterocycles. The topological polar surface area (TPSA) is 162 Å². The molecule has 37 heavy (non-hydrogen) atoms. The van der Waals surface area contributed by atoms with E-state index in [9.17, 15) is 19.2 Å². The van der Waals surface area contributed by atoms with Crippen molar-refractivity contribution in [1.29, 1.82) is 0 Å². The molecule has 216 valence electrons. The van der Waals surface area contributed by atoms with E-state index in [0.29, 0.717) is 45.4 Å². The highest BCUT2D eigenvalue weighted by molar-refractivity contribution is 7.80. The van der Waals surface area contributed by atoms with E-state index in [1.807, 2.05) is 13.8 Å². The second-order valence-electron chi connectivity index (χ2n) is 9.35. The predicted molar refractivity (Wildman–Crippen MR) is 141 cm³/mol. The lowest BCUT2D eigenvalue weighted by Gasteiger charge is -2.26. The SMILES string of the molecule is CC(C)[C@@H](NC(=O)[C@@H](C)NC(=O)C(C)(C)CS)C(=O)NCCOCCOCCOCCOCCC(=O)O. The van der Waals surface area contributed by atoms with Crippen molar-refractivity contribution in [2.75, 3.05) is 65.2 Å². The lowest BCUT2D eigenvalue weighted by Crippen LogP contribution is -2.56. The van der Waals surface area contributed by atoms with Gasteiger partial charge in [-0.25, -0.2) is 0 Å². The van der Waals surface area contributed by atoms with Crippen LogP contribution in [0.15, 0.2) is 0 Å². The van der Waals surface area contributed by atoms with Gasteiger partial charge in [0, 0.05) is 12.3 Å². The molecule has 0 aromatic carbocycles. The van der Waals surface area contributed by atoms with Gasteiger partial charge in [0.05, 0.1) is 64.7 Å². The van der Waals surface area contributed by atoms with Gasteiger partial charge in [0.15, 0.2) is 0 Å². The van der Waals surface area contributed by atoms with Gasteiger partial charge in [-0.3, -0.25) is 19.2 Å². The lowest BCUT2D eigenvalue weighted by atomic mass is 9.94. The Labute approximate surface area is 225 Å². The Morgan fingerprint density at radius 3 is 1.73 bits per heavy atom. The van der Waals surface area contributed by atoms with Gasteiger partial charge in [0.2, 0.25) is 17.7 Å². The van der Waals surface area contributed by atoms with Crippen LogP contribution in [-0.4, -0.2) is 106 Å². The third-order valence-electron chi connectivity index (χ3n) is 5.12. The molecule has 0 unspecified atom stereocenters. The van der Waals surface area contributed by atoms with E-state index < -0.39 is 29.4 Å². The van der Waals surface area contributed by atoms with Crippen molar-refractivity contribution in [2.24, 2.45) is 11.3 Å². The van der Waals surface area contributed by atoms with Gasteiger partial charge < -0.3 is 40.0 Å². The number of carboxylic acids is 1. The molecule has 0 spiro atoms. The number of thiol groups is 1. The molecule has 0 aliphatic carbocycles. The summed E-state index contributed by atoms with van der Waals surface area (Å²) in [6.45, 7) is 11.6. The number of rotatable bonds is 22. The van der Waals surface area contributed by atoms with E-state index in [1.54, 1.807) is 20.8 Å². The van der Waals surface area contributed by atoms with Crippen LogP contribution in [0.2, 0.25) is 0 Å². The summed E-state index contributed by atoms with van der Waals surface area (Å²) in [6.07, 6.45) is -0.0300. The van der Waals surface area contributed by atoms with Crippen molar-refractivity contribution in [3.63, 3.8) is 0 Å². The maximum absolute atomic E-state index is 12.6. The van der Waals surface area contributed by atoms with Gasteiger partial charge in [0.1, 0.15) is 12.1 Å². The van der Waals surface area contributed by atoms with E-state index in [4.69, 9.17) is 24.1 Å². The minimum atomic E-state index is -0.898. The lowest BCUT2D eigenvalue weighted by molar-refractivity contribution is -0.138. The molecule has 0 rings (SSSR count). The number of hydrogen-bond acceptors (Lipinski definition) is 9. The van der Waals surface area contributed by atoms with Crippen LogP contribution in [0, 0.1) is 11.3 Å². The van der Waals surface area contributed by atoms with Crippen LogP contribution in [0.3, 0.4) is 0 Å². The first-order valence-corrected chi connectivity index (χ1v) is 13.1. The second kappa shape index (κ2) is 20.1. The Balaban J connectivity index is 3.99. The van der Waals surface area contributed by atoms with Crippen LogP contribution in [0.25, 0.3) is 0 Å². The quantitative estimate of drug-likeness (QED) is 0.0938. The molecule has 0 saturated carbocycles. The van der Waals surface area contributed by atoms with Crippen LogP contribution in [-0.2, 0) is 38.1 Å². The zero-order valence-electron chi connectivity index (χ0n) is 22.7. The summed E-state index contributed by atoms with van der Waals surface area (Å²) < 4.78 is 21.2. The molecule has 0 bridgehead atoms. The normalized spacial score (nSPS) is 13.2. The highest BCUT2D eigenvalue weighted by Gasteiger charge is 2.30. The molecule has 2 atom stereocenters. The summed E-state index contributed by atoms with van der Waals surface area (Å²) in [5.41, 5.74) is -0.716. The number of aliphatic carboxylic acids is 1. The number of carboxylic acid groups (broad SMARTS) is 1. The molecule has 0 aromatic rings. The molecule has 13 heteroatoms. The summed E-state index contributed by atoms with van der Waals surface area (Å²) in [5, 5.41) is 16.6. The summed E-state index contributed by atoms with van der Waals surface area (Å²) in [4.78, 5) is 47.7. The molecular formula is C24H45N3O9S. The highest BCUT2D eigenvalue weighted by atomic mass is 32.1. The summed E-state index contributed by atoms with van der Waals surface area (Å²) in [5.74, 6) is -1.79. The zero-order chi connectivity index (χ0) is 28.3. The number of nitrogens with one attached hydrogen (secondary N) is 3. The van der Waals surface area contributed by atoms with Gasteiger partial charge in [-0.05, 0) is 12.8 Å². The molecule has 0 fully saturated rings. The van der Waals surface area contributed by atoms with Crippen molar-refractivity contribution in [3.05, 3.63) is 0 Å². The molecular weight excluding hydrogens is 506 g/mol. The second-order valence-corrected chi connectivity index (χ2v) is 9.67. The van der Waals surface area contributed by atoms with Gasteiger partial charge in [-0.15, -0.1) is 0 Å².